The lowest BCUT2D eigenvalue weighted by atomic mass is 9.83. The van der Waals surface area contributed by atoms with Crippen molar-refractivity contribution < 1.29 is 23.6 Å². The number of carbonyl (C=O) groups excluding carboxylic acids is 1. The predicted octanol–water partition coefficient (Wildman–Crippen LogP) is 4.17. The summed E-state index contributed by atoms with van der Waals surface area (Å²) in [5, 5.41) is 20.8. The Morgan fingerprint density at radius 1 is 1.16 bits per heavy atom. The van der Waals surface area contributed by atoms with Gasteiger partial charge in [-0.2, -0.15) is 5.26 Å². The summed E-state index contributed by atoms with van der Waals surface area (Å²) in [6.45, 7) is 0. The van der Waals surface area contributed by atoms with Gasteiger partial charge in [-0.05, 0) is 23.8 Å². The van der Waals surface area contributed by atoms with E-state index in [0.29, 0.717) is 11.1 Å². The number of ether oxygens (including phenoxy) is 2. The summed E-state index contributed by atoms with van der Waals surface area (Å²) in [6, 6.07) is 17.7. The molecule has 0 amide bonds. The zero-order valence-corrected chi connectivity index (χ0v) is 16.3. The van der Waals surface area contributed by atoms with Gasteiger partial charge < -0.3 is 15.2 Å². The van der Waals surface area contributed by atoms with Gasteiger partial charge in [0, 0.05) is 23.8 Å². The van der Waals surface area contributed by atoms with E-state index >= 15 is 0 Å². The maximum absolute atomic E-state index is 13.9. The number of nitrogens with two attached hydrogens (primary N) is 1. The Bertz CT molecular complexity index is 1330. The molecule has 0 bridgehead atoms. The summed E-state index contributed by atoms with van der Waals surface area (Å²) in [5.74, 6) is -2.23. The van der Waals surface area contributed by atoms with Crippen LogP contribution in [0.15, 0.2) is 78.2 Å². The molecule has 1 aliphatic rings. The van der Waals surface area contributed by atoms with Gasteiger partial charge in [-0.25, -0.2) is 9.18 Å². The van der Waals surface area contributed by atoms with E-state index in [9.17, 15) is 24.6 Å². The Morgan fingerprint density at radius 2 is 1.94 bits per heavy atom. The Balaban J connectivity index is 1.73. The predicted molar refractivity (Wildman–Crippen MR) is 110 cm³/mol. The van der Waals surface area contributed by atoms with Crippen LogP contribution in [-0.2, 0) is 0 Å². The van der Waals surface area contributed by atoms with Crippen molar-refractivity contribution in [3.63, 3.8) is 0 Å². The lowest BCUT2D eigenvalue weighted by molar-refractivity contribution is -0.384. The molecule has 1 heterocycles. The van der Waals surface area contributed by atoms with Crippen LogP contribution in [0, 0.1) is 27.3 Å². The topological polar surface area (TPSA) is 128 Å². The number of esters is 1. The van der Waals surface area contributed by atoms with Gasteiger partial charge in [0.15, 0.2) is 0 Å². The fourth-order valence-electron chi connectivity index (χ4n) is 3.45. The van der Waals surface area contributed by atoms with Crippen LogP contribution in [0.1, 0.15) is 27.4 Å². The smallest absolute Gasteiger partial charge is 0.346 e. The van der Waals surface area contributed by atoms with Gasteiger partial charge in [0.2, 0.25) is 5.88 Å². The molecule has 0 saturated carbocycles. The van der Waals surface area contributed by atoms with Gasteiger partial charge in [0.1, 0.15) is 29.0 Å². The molecule has 1 unspecified atom stereocenters. The standard InChI is InChI=1S/C23H14FN3O5/c24-19-7-2-1-6-16(19)23(28)31-15-8-9-17-20(11-15)32-22(26)18(12-25)21(17)13-4-3-5-14(10-13)27(29)30/h1-11,21H,26H2. The van der Waals surface area contributed by atoms with Gasteiger partial charge in [-0.1, -0.05) is 30.3 Å². The van der Waals surface area contributed by atoms with E-state index in [1.54, 1.807) is 12.1 Å². The van der Waals surface area contributed by atoms with E-state index in [4.69, 9.17) is 15.2 Å². The zero-order chi connectivity index (χ0) is 22.8. The molecular weight excluding hydrogens is 417 g/mol. The Hall–Kier alpha value is -4.71. The number of hydrogen-bond acceptors (Lipinski definition) is 7. The molecule has 0 aromatic heterocycles. The van der Waals surface area contributed by atoms with Gasteiger partial charge in [0.25, 0.3) is 5.69 Å². The zero-order valence-electron chi connectivity index (χ0n) is 16.3. The molecule has 0 fully saturated rings. The average molecular weight is 431 g/mol. The number of hydrogen-bond donors (Lipinski definition) is 1. The number of nitro benzene ring substituents is 1. The van der Waals surface area contributed by atoms with Crippen LogP contribution in [0.25, 0.3) is 0 Å². The molecule has 2 N–H and O–H groups in total. The van der Waals surface area contributed by atoms with E-state index in [-0.39, 0.29) is 34.2 Å². The van der Waals surface area contributed by atoms with Crippen LogP contribution in [0.2, 0.25) is 0 Å². The van der Waals surface area contributed by atoms with E-state index in [1.165, 1.54) is 48.5 Å². The van der Waals surface area contributed by atoms with Crippen molar-refractivity contribution in [3.8, 4) is 17.6 Å². The molecule has 1 aliphatic heterocycles. The third-order valence-electron chi connectivity index (χ3n) is 4.91. The number of fused-ring (bicyclic) bond motifs is 1. The van der Waals surface area contributed by atoms with Crippen LogP contribution in [-0.4, -0.2) is 10.9 Å². The SMILES string of the molecule is N#CC1=C(N)Oc2cc(OC(=O)c3ccccc3F)ccc2C1c1cccc([N+](=O)[O-])c1. The number of halogens is 1. The maximum Gasteiger partial charge on any atom is 0.346 e. The summed E-state index contributed by atoms with van der Waals surface area (Å²) in [6.07, 6.45) is 0. The summed E-state index contributed by atoms with van der Waals surface area (Å²) in [4.78, 5) is 23.0. The fourth-order valence-corrected chi connectivity index (χ4v) is 3.45. The van der Waals surface area contributed by atoms with E-state index < -0.39 is 22.6 Å². The molecule has 1 atom stereocenters. The maximum atomic E-state index is 13.9. The minimum absolute atomic E-state index is 0.0722. The first kappa shape index (κ1) is 20.6. The van der Waals surface area contributed by atoms with Gasteiger partial charge in [-0.3, -0.25) is 10.1 Å². The Kier molecular flexibility index (Phi) is 5.27. The Labute approximate surface area is 181 Å². The normalized spacial score (nSPS) is 14.7. The second-order valence-electron chi connectivity index (χ2n) is 6.85. The number of non-ortho nitro benzene ring substituents is 1. The van der Waals surface area contributed by atoms with E-state index in [2.05, 4.69) is 0 Å². The van der Waals surface area contributed by atoms with Crippen molar-refractivity contribution in [3.05, 3.63) is 111 Å². The molecule has 3 aromatic rings. The van der Waals surface area contributed by atoms with Crippen molar-refractivity contribution >= 4 is 11.7 Å². The lowest BCUT2D eigenvalue weighted by Crippen LogP contribution is -2.21. The number of nitrogens with zero attached hydrogens (tertiary/aromatic N) is 2. The number of nitriles is 1. The summed E-state index contributed by atoms with van der Waals surface area (Å²) in [5.41, 5.74) is 6.63. The molecule has 158 valence electrons. The van der Waals surface area contributed by atoms with E-state index in [1.807, 2.05) is 6.07 Å². The van der Waals surface area contributed by atoms with Crippen molar-refractivity contribution in [1.82, 2.24) is 0 Å². The monoisotopic (exact) mass is 431 g/mol. The lowest BCUT2D eigenvalue weighted by Gasteiger charge is -2.26. The molecule has 0 aliphatic carbocycles. The molecule has 9 heteroatoms. The molecule has 4 rings (SSSR count). The van der Waals surface area contributed by atoms with Crippen molar-refractivity contribution in [2.24, 2.45) is 5.73 Å². The number of carbonyl (C=O) groups is 1. The summed E-state index contributed by atoms with van der Waals surface area (Å²) >= 11 is 0. The van der Waals surface area contributed by atoms with Gasteiger partial charge >= 0.3 is 5.97 Å². The summed E-state index contributed by atoms with van der Waals surface area (Å²) in [7, 11) is 0. The molecule has 8 nitrogen and oxygen atoms in total. The van der Waals surface area contributed by atoms with Gasteiger partial charge in [-0.15, -0.1) is 0 Å². The first-order valence-electron chi connectivity index (χ1n) is 9.31. The van der Waals surface area contributed by atoms with Crippen LogP contribution in [0.4, 0.5) is 10.1 Å². The molecule has 32 heavy (non-hydrogen) atoms. The summed E-state index contributed by atoms with van der Waals surface area (Å²) < 4.78 is 24.7. The highest BCUT2D eigenvalue weighted by molar-refractivity contribution is 5.91. The largest absolute Gasteiger partial charge is 0.440 e. The third kappa shape index (κ3) is 3.73. The van der Waals surface area contributed by atoms with Crippen LogP contribution >= 0.6 is 0 Å². The van der Waals surface area contributed by atoms with Crippen molar-refractivity contribution in [2.75, 3.05) is 0 Å². The highest BCUT2D eigenvalue weighted by atomic mass is 19.1. The van der Waals surface area contributed by atoms with Crippen molar-refractivity contribution in [1.29, 1.82) is 5.26 Å². The molecule has 0 radical (unpaired) electrons. The van der Waals surface area contributed by atoms with Crippen LogP contribution in [0.5, 0.6) is 11.5 Å². The second-order valence-corrected chi connectivity index (χ2v) is 6.85. The first-order chi connectivity index (χ1) is 15.4. The quantitative estimate of drug-likeness (QED) is 0.284. The second kappa shape index (κ2) is 8.20. The van der Waals surface area contributed by atoms with Crippen LogP contribution in [0.3, 0.4) is 0 Å². The fraction of sp³-hybridized carbons (Fsp3) is 0.0435. The third-order valence-corrected chi connectivity index (χ3v) is 4.91. The van der Waals surface area contributed by atoms with Crippen molar-refractivity contribution in [2.45, 2.75) is 5.92 Å². The average Bonchev–Trinajstić information content (AvgIpc) is 2.78. The number of allylic oxidation sites excluding steroid dienone is 1. The Morgan fingerprint density at radius 3 is 2.66 bits per heavy atom. The molecule has 0 saturated heterocycles. The number of benzene rings is 3. The number of nitro groups is 1. The minimum Gasteiger partial charge on any atom is -0.440 e. The highest BCUT2D eigenvalue weighted by Gasteiger charge is 2.32. The first-order valence-corrected chi connectivity index (χ1v) is 9.31. The molecule has 0 spiro atoms. The minimum atomic E-state index is -0.893. The van der Waals surface area contributed by atoms with Crippen LogP contribution < -0.4 is 15.2 Å². The number of rotatable bonds is 4. The molecular formula is C23H14FN3O5. The molecule has 3 aromatic carbocycles. The highest BCUT2D eigenvalue weighted by Crippen LogP contribution is 2.44. The van der Waals surface area contributed by atoms with E-state index in [0.717, 1.165) is 6.07 Å². The van der Waals surface area contributed by atoms with Gasteiger partial charge in [0.05, 0.1) is 16.4 Å².